The zero-order valence-corrected chi connectivity index (χ0v) is 25.6. The summed E-state index contributed by atoms with van der Waals surface area (Å²) in [6.07, 6.45) is 0. The Kier molecular flexibility index (Phi) is 4.83. The molecule has 0 radical (unpaired) electrons. The normalized spacial score (nSPS) is 13.1. The van der Waals surface area contributed by atoms with Gasteiger partial charge in [0.25, 0.3) is 0 Å². The molecular weight excluding hydrogens is 575 g/mol. The van der Waals surface area contributed by atoms with Crippen LogP contribution in [0.15, 0.2) is 152 Å². The molecule has 212 valence electrons. The maximum Gasteiger partial charge on any atom is 0.329 e. The van der Waals surface area contributed by atoms with Gasteiger partial charge >= 0.3 is 6.85 Å². The van der Waals surface area contributed by atoms with Crippen molar-refractivity contribution in [1.82, 2.24) is 4.57 Å². The van der Waals surface area contributed by atoms with E-state index in [1.54, 1.807) is 0 Å². The third-order valence-electron chi connectivity index (χ3n) is 10.2. The molecule has 46 heavy (non-hydrogen) atoms. The Hall–Kier alpha value is -5.58. The highest BCUT2D eigenvalue weighted by atomic mass is 32.1. The Morgan fingerprint density at radius 1 is 0.457 bits per heavy atom. The monoisotopic (exact) mass is 600 g/mol. The summed E-state index contributed by atoms with van der Waals surface area (Å²) in [5, 5.41) is 5.25. The first-order valence-electron chi connectivity index (χ1n) is 15.9. The Morgan fingerprint density at radius 2 is 1.15 bits per heavy atom. The predicted molar refractivity (Wildman–Crippen MR) is 198 cm³/mol. The molecule has 0 unspecified atom stereocenters. The van der Waals surface area contributed by atoms with Crippen molar-refractivity contribution in [3.8, 4) is 27.9 Å². The van der Waals surface area contributed by atoms with E-state index in [0.717, 1.165) is 0 Å². The van der Waals surface area contributed by atoms with Gasteiger partial charge in [0.1, 0.15) is 0 Å². The van der Waals surface area contributed by atoms with Crippen molar-refractivity contribution < 1.29 is 0 Å². The zero-order chi connectivity index (χ0) is 29.9. The van der Waals surface area contributed by atoms with E-state index >= 15 is 0 Å². The van der Waals surface area contributed by atoms with Gasteiger partial charge in [0.05, 0.1) is 11.0 Å². The number of para-hydroxylation sites is 3. The standard InChI is InChI=1S/C42H25BN2S/c1-2-12-26(13-3-1)44-36-20-10-6-16-29(36)32-24-33-30-22-23-38-41(42(30)46-40(33)25-39(32)44)31-17-5-9-19-35(31)43-34-18-8-4-14-27(34)28-15-7-11-21-37(28)45(38)43/h1-25H. The number of aromatic nitrogens is 1. The molecule has 0 fully saturated rings. The summed E-state index contributed by atoms with van der Waals surface area (Å²) in [6.45, 7) is 0.126. The highest BCUT2D eigenvalue weighted by Gasteiger charge is 2.42. The largest absolute Gasteiger partial charge is 0.376 e. The summed E-state index contributed by atoms with van der Waals surface area (Å²) in [6, 6.07) is 56.2. The summed E-state index contributed by atoms with van der Waals surface area (Å²) in [5.41, 5.74) is 14.3. The molecule has 2 aliphatic heterocycles. The van der Waals surface area contributed by atoms with Crippen molar-refractivity contribution in [2.24, 2.45) is 0 Å². The van der Waals surface area contributed by atoms with Gasteiger partial charge in [-0.1, -0.05) is 109 Å². The van der Waals surface area contributed by atoms with E-state index in [0.29, 0.717) is 0 Å². The smallest absolute Gasteiger partial charge is 0.329 e. The summed E-state index contributed by atoms with van der Waals surface area (Å²) in [7, 11) is 0. The maximum atomic E-state index is 2.60. The quantitative estimate of drug-likeness (QED) is 0.170. The molecule has 2 nitrogen and oxygen atoms in total. The molecule has 0 atom stereocenters. The summed E-state index contributed by atoms with van der Waals surface area (Å²) in [5.74, 6) is 0. The molecule has 4 heterocycles. The van der Waals surface area contributed by atoms with Crippen LogP contribution >= 0.6 is 11.3 Å². The molecule has 0 saturated heterocycles. The molecule has 0 amide bonds. The van der Waals surface area contributed by atoms with Gasteiger partial charge in [-0.2, -0.15) is 0 Å². The van der Waals surface area contributed by atoms with Crippen molar-refractivity contribution in [2.75, 3.05) is 4.81 Å². The fourth-order valence-electron chi connectivity index (χ4n) is 8.32. The molecule has 0 aliphatic carbocycles. The Balaban J connectivity index is 1.24. The molecule has 9 aromatic rings. The Labute approximate surface area is 270 Å². The van der Waals surface area contributed by atoms with E-state index in [1.165, 1.54) is 92.2 Å². The number of fused-ring (bicyclic) bond motifs is 18. The molecule has 4 heteroatoms. The van der Waals surface area contributed by atoms with Crippen molar-refractivity contribution in [3.05, 3.63) is 152 Å². The van der Waals surface area contributed by atoms with Crippen LogP contribution in [0, 0.1) is 0 Å². The minimum Gasteiger partial charge on any atom is -0.376 e. The second kappa shape index (κ2) is 9.00. The number of benzene rings is 7. The van der Waals surface area contributed by atoms with Gasteiger partial charge in [-0.3, -0.25) is 0 Å². The number of thiophene rings is 1. The van der Waals surface area contributed by atoms with Crippen LogP contribution < -0.4 is 15.7 Å². The van der Waals surface area contributed by atoms with Gasteiger partial charge in [0.15, 0.2) is 0 Å². The average molecular weight is 601 g/mol. The van der Waals surface area contributed by atoms with E-state index in [1.807, 2.05) is 11.3 Å². The predicted octanol–water partition coefficient (Wildman–Crippen LogP) is 10.1. The minimum atomic E-state index is 0.126. The van der Waals surface area contributed by atoms with Gasteiger partial charge < -0.3 is 9.38 Å². The average Bonchev–Trinajstić information content (AvgIpc) is 3.65. The molecule has 0 N–H and O–H groups in total. The number of hydrogen-bond donors (Lipinski definition) is 0. The van der Waals surface area contributed by atoms with Crippen LogP contribution in [0.4, 0.5) is 11.4 Å². The SMILES string of the molecule is c1ccc(-n2c3ccccc3c3cc4c(cc32)sc2c3c(ccc24)N2B(c4ccccc4-c4ccccc42)c2ccccc2-3)cc1. The highest BCUT2D eigenvalue weighted by Crippen LogP contribution is 2.51. The molecule has 7 aromatic carbocycles. The van der Waals surface area contributed by atoms with E-state index in [4.69, 9.17) is 0 Å². The van der Waals surface area contributed by atoms with Crippen LogP contribution in [-0.2, 0) is 0 Å². The van der Waals surface area contributed by atoms with Crippen LogP contribution in [0.25, 0.3) is 69.9 Å². The van der Waals surface area contributed by atoms with E-state index < -0.39 is 0 Å². The van der Waals surface area contributed by atoms with Crippen molar-refractivity contribution in [1.29, 1.82) is 0 Å². The number of rotatable bonds is 1. The minimum absolute atomic E-state index is 0.126. The van der Waals surface area contributed by atoms with Gasteiger partial charge in [-0.15, -0.1) is 11.3 Å². The van der Waals surface area contributed by atoms with Gasteiger partial charge in [0.2, 0.25) is 0 Å². The summed E-state index contributed by atoms with van der Waals surface area (Å²) in [4.78, 5) is 2.60. The molecular formula is C42H25BN2S. The molecule has 2 aromatic heterocycles. The molecule has 0 spiro atoms. The highest BCUT2D eigenvalue weighted by molar-refractivity contribution is 7.26. The molecule has 2 aliphatic rings. The topological polar surface area (TPSA) is 8.17 Å². The first kappa shape index (κ1) is 24.7. The third-order valence-corrected chi connectivity index (χ3v) is 11.4. The lowest BCUT2D eigenvalue weighted by Crippen LogP contribution is -2.59. The first-order valence-corrected chi connectivity index (χ1v) is 16.7. The van der Waals surface area contributed by atoms with Crippen LogP contribution in [0.1, 0.15) is 0 Å². The van der Waals surface area contributed by atoms with Crippen LogP contribution in [0.2, 0.25) is 0 Å². The van der Waals surface area contributed by atoms with Crippen LogP contribution in [-0.4, -0.2) is 11.4 Å². The third kappa shape index (κ3) is 3.12. The van der Waals surface area contributed by atoms with Crippen molar-refractivity contribution in [3.63, 3.8) is 0 Å². The fraction of sp³-hybridized carbons (Fsp3) is 0. The lowest BCUT2D eigenvalue weighted by atomic mass is 9.43. The number of nitrogens with zero attached hydrogens (tertiary/aromatic N) is 2. The van der Waals surface area contributed by atoms with E-state index in [-0.39, 0.29) is 6.85 Å². The van der Waals surface area contributed by atoms with E-state index in [2.05, 4.69) is 161 Å². The van der Waals surface area contributed by atoms with Gasteiger partial charge in [-0.25, -0.2) is 0 Å². The number of hydrogen-bond acceptors (Lipinski definition) is 2. The fourth-order valence-corrected chi connectivity index (χ4v) is 9.59. The second-order valence-corrected chi connectivity index (χ2v) is 13.5. The van der Waals surface area contributed by atoms with Crippen LogP contribution in [0.5, 0.6) is 0 Å². The lowest BCUT2D eigenvalue weighted by molar-refractivity contribution is 1.18. The Morgan fingerprint density at radius 3 is 2.02 bits per heavy atom. The van der Waals surface area contributed by atoms with Gasteiger partial charge in [-0.05, 0) is 64.5 Å². The van der Waals surface area contributed by atoms with Crippen LogP contribution in [0.3, 0.4) is 0 Å². The van der Waals surface area contributed by atoms with Gasteiger partial charge in [0, 0.05) is 59.1 Å². The van der Waals surface area contributed by atoms with E-state index in [9.17, 15) is 0 Å². The first-order chi connectivity index (χ1) is 22.8. The lowest BCUT2D eigenvalue weighted by Gasteiger charge is -2.43. The Bertz CT molecular complexity index is 2720. The summed E-state index contributed by atoms with van der Waals surface area (Å²) < 4.78 is 5.10. The van der Waals surface area contributed by atoms with Crippen molar-refractivity contribution in [2.45, 2.75) is 0 Å². The maximum absolute atomic E-state index is 2.60. The zero-order valence-electron chi connectivity index (χ0n) is 24.8. The second-order valence-electron chi connectivity index (χ2n) is 12.5. The summed E-state index contributed by atoms with van der Waals surface area (Å²) >= 11 is 1.93. The van der Waals surface area contributed by atoms with Crippen molar-refractivity contribution >= 4 is 82.5 Å². The molecule has 0 saturated carbocycles. The molecule has 0 bridgehead atoms. The number of anilines is 2. The molecule has 11 rings (SSSR count).